The Kier molecular flexibility index (Phi) is 19.0. The summed E-state index contributed by atoms with van der Waals surface area (Å²) in [5, 5.41) is 9.75. The fraction of sp³-hybridized carbons (Fsp3) is 0.238. The molecular formula is C42H46BCl2N2O2Zr. The molecule has 0 saturated heterocycles. The zero-order chi connectivity index (χ0) is 36.1. The van der Waals surface area contributed by atoms with Crippen LogP contribution in [0.3, 0.4) is 0 Å². The molecule has 0 unspecified atom stereocenters. The monoisotopic (exact) mass is 781 g/mol. The molecule has 1 radical (unpaired) electrons. The Labute approximate surface area is 317 Å². The topological polar surface area (TPSA) is 58.2 Å². The van der Waals surface area contributed by atoms with Crippen molar-refractivity contribution in [3.63, 3.8) is 0 Å². The molecule has 0 bridgehead atoms. The molecule has 257 valence electrons. The summed E-state index contributed by atoms with van der Waals surface area (Å²) in [6.45, 7) is 8.94. The molecule has 0 spiro atoms. The fourth-order valence-electron chi connectivity index (χ4n) is 6.23. The second-order valence-corrected chi connectivity index (χ2v) is 15.4. The summed E-state index contributed by atoms with van der Waals surface area (Å²) < 4.78 is 0. The van der Waals surface area contributed by atoms with Crippen molar-refractivity contribution in [2.24, 2.45) is 0 Å². The Hall–Kier alpha value is -3.43. The van der Waals surface area contributed by atoms with Crippen LogP contribution >= 0.6 is 17.0 Å². The number of amides is 2. The molecule has 0 aliphatic heterocycles. The maximum absolute atomic E-state index is 9.38. The summed E-state index contributed by atoms with van der Waals surface area (Å²) in [5.74, 6) is 0. The number of hydrogen-bond acceptors (Lipinski definition) is 2. The van der Waals surface area contributed by atoms with Crippen molar-refractivity contribution in [3.8, 4) is 22.3 Å². The van der Waals surface area contributed by atoms with E-state index in [1.807, 2.05) is 0 Å². The number of carbonyl (C=O) groups is 2. The van der Waals surface area contributed by atoms with Crippen LogP contribution in [0.2, 0.25) is 0 Å². The van der Waals surface area contributed by atoms with E-state index in [4.69, 9.17) is 17.0 Å². The normalized spacial score (nSPS) is 9.96. The second kappa shape index (κ2) is 23.1. The fourth-order valence-corrected chi connectivity index (χ4v) is 6.23. The van der Waals surface area contributed by atoms with Gasteiger partial charge in [0, 0.05) is 0 Å². The van der Waals surface area contributed by atoms with Crippen LogP contribution in [-0.4, -0.2) is 20.4 Å². The van der Waals surface area contributed by atoms with Gasteiger partial charge < -0.3 is 10.5 Å². The third kappa shape index (κ3) is 11.8. The van der Waals surface area contributed by atoms with Gasteiger partial charge >= 0.3 is 45.4 Å². The van der Waals surface area contributed by atoms with E-state index >= 15 is 0 Å². The number of carbonyl (C=O) groups excluding carboxylic acids is 2. The van der Waals surface area contributed by atoms with E-state index < -0.39 is 20.8 Å². The summed E-state index contributed by atoms with van der Waals surface area (Å²) in [6.07, 6.45) is 7.82. The van der Waals surface area contributed by atoms with E-state index in [1.54, 1.807) is 0 Å². The molecule has 0 heterocycles. The quantitative estimate of drug-likeness (QED) is 0.0562. The van der Waals surface area contributed by atoms with Crippen LogP contribution in [0.4, 0.5) is 0 Å². The number of hydrogen-bond donors (Lipinski definition) is 2. The standard InChI is InChI=1S/2C20H21.C2H4BN2O2.2ClH.Zr/c2*1-3-8-15-13-17-10-7-12-19(20(17)14-15)18-11-6-5-9-16(18)4-2;6-1-4-3-5-2-7;;;/h2*5-7,9-14H,3-4,8H2,1-2H3;1-2H,(H,4,6)(H,5,7);2*1H;/q2*-1;;;;+4/p-2. The first-order chi connectivity index (χ1) is 24.5. The molecule has 6 aromatic carbocycles. The summed E-state index contributed by atoms with van der Waals surface area (Å²) >= 11 is -0.826. The van der Waals surface area contributed by atoms with Gasteiger partial charge in [-0.1, -0.05) is 112 Å². The van der Waals surface area contributed by atoms with E-state index in [0.29, 0.717) is 12.8 Å². The van der Waals surface area contributed by atoms with Crippen molar-refractivity contribution in [2.45, 2.75) is 66.2 Å². The van der Waals surface area contributed by atoms with Crippen LogP contribution < -0.4 is 10.5 Å². The third-order valence-electron chi connectivity index (χ3n) is 8.38. The van der Waals surface area contributed by atoms with Crippen molar-refractivity contribution in [1.29, 1.82) is 0 Å². The molecule has 0 aliphatic carbocycles. The molecule has 0 atom stereocenters. The van der Waals surface area contributed by atoms with Crippen LogP contribution in [0.5, 0.6) is 0 Å². The van der Waals surface area contributed by atoms with Gasteiger partial charge in [-0.05, 0) is 47.9 Å². The predicted molar refractivity (Wildman–Crippen MR) is 213 cm³/mol. The average molecular weight is 784 g/mol. The van der Waals surface area contributed by atoms with Crippen LogP contribution in [0.25, 0.3) is 43.8 Å². The zero-order valence-electron chi connectivity index (χ0n) is 29.4. The van der Waals surface area contributed by atoms with Gasteiger partial charge in [0.1, 0.15) is 0 Å². The zero-order valence-corrected chi connectivity index (χ0v) is 33.4. The van der Waals surface area contributed by atoms with Crippen molar-refractivity contribution in [2.75, 3.05) is 0 Å². The number of aryl methyl sites for hydroxylation is 4. The molecule has 0 aromatic heterocycles. The number of nitrogens with one attached hydrogen (secondary N) is 2. The average Bonchev–Trinajstić information content (AvgIpc) is 3.76. The van der Waals surface area contributed by atoms with Gasteiger partial charge in [-0.2, -0.15) is 12.1 Å². The first-order valence-corrected chi connectivity index (χ1v) is 23.5. The molecule has 6 aromatic rings. The van der Waals surface area contributed by atoms with Crippen LogP contribution in [0, 0.1) is 0 Å². The molecular weight excluding hydrogens is 737 g/mol. The Morgan fingerprint density at radius 2 is 0.980 bits per heavy atom. The van der Waals surface area contributed by atoms with E-state index in [-0.39, 0.29) is 0 Å². The Morgan fingerprint density at radius 3 is 1.34 bits per heavy atom. The van der Waals surface area contributed by atoms with Gasteiger partial charge in [0.2, 0.25) is 0 Å². The Bertz CT molecular complexity index is 1770. The van der Waals surface area contributed by atoms with E-state index in [0.717, 1.165) is 20.4 Å². The van der Waals surface area contributed by atoms with E-state index in [2.05, 4.69) is 147 Å². The molecule has 0 saturated carbocycles. The second-order valence-electron chi connectivity index (χ2n) is 11.7. The first kappa shape index (κ1) is 41.0. The summed E-state index contributed by atoms with van der Waals surface area (Å²) in [6, 6.07) is 40.3. The molecule has 0 aliphatic rings. The van der Waals surface area contributed by atoms with Crippen molar-refractivity contribution >= 4 is 58.9 Å². The van der Waals surface area contributed by atoms with Gasteiger partial charge in [0.05, 0.1) is 0 Å². The summed E-state index contributed by atoms with van der Waals surface area (Å²) in [4.78, 5) is 18.8. The summed E-state index contributed by atoms with van der Waals surface area (Å²) in [5.41, 5.74) is 11.3. The van der Waals surface area contributed by atoms with Gasteiger partial charge in [-0.3, -0.25) is 9.59 Å². The van der Waals surface area contributed by atoms with Crippen LogP contribution in [-0.2, 0) is 56.1 Å². The van der Waals surface area contributed by atoms with Crippen LogP contribution in [0.15, 0.2) is 109 Å². The van der Waals surface area contributed by atoms with Crippen molar-refractivity contribution in [1.82, 2.24) is 10.5 Å². The number of rotatable bonds is 12. The minimum atomic E-state index is -0.826. The minimum absolute atomic E-state index is 0.455. The maximum atomic E-state index is 9.38. The van der Waals surface area contributed by atoms with E-state index in [9.17, 15) is 9.59 Å². The molecule has 2 amide bonds. The number of fused-ring (bicyclic) bond motifs is 2. The van der Waals surface area contributed by atoms with Gasteiger partial charge in [-0.15, -0.1) is 69.1 Å². The van der Waals surface area contributed by atoms with Crippen molar-refractivity contribution in [3.05, 3.63) is 131 Å². The van der Waals surface area contributed by atoms with Crippen LogP contribution in [0.1, 0.15) is 62.8 Å². The molecule has 2 N–H and O–H groups in total. The molecule has 0 fully saturated rings. The number of benzene rings is 4. The Morgan fingerprint density at radius 1 is 0.600 bits per heavy atom. The Balaban J connectivity index is 0.000000214. The third-order valence-corrected chi connectivity index (χ3v) is 8.38. The van der Waals surface area contributed by atoms with Gasteiger partial charge in [0.25, 0.3) is 0 Å². The molecule has 8 heteroatoms. The van der Waals surface area contributed by atoms with Gasteiger partial charge in [0.15, 0.2) is 12.8 Å². The van der Waals surface area contributed by atoms with E-state index in [1.165, 1.54) is 91.7 Å². The van der Waals surface area contributed by atoms with Gasteiger partial charge in [-0.25, -0.2) is 0 Å². The molecule has 4 nitrogen and oxygen atoms in total. The summed E-state index contributed by atoms with van der Waals surface area (Å²) in [7, 11) is 11.0. The molecule has 50 heavy (non-hydrogen) atoms. The van der Waals surface area contributed by atoms with Crippen molar-refractivity contribution < 1.29 is 30.4 Å². The molecule has 6 rings (SSSR count). The number of halogens is 2. The predicted octanol–water partition coefficient (Wildman–Crippen LogP) is 10.9. The first-order valence-electron chi connectivity index (χ1n) is 17.2. The SMILES string of the molecule is CCCc1cc2c(-c3ccccc3CC)cccc2[cH-]1.CCCc1cc2c(-c3ccccc3CC)cccc2[cH-]1.O=CN[B]NC=O.[Cl][Zr+2][Cl].